The largest absolute Gasteiger partial charge is 0.464 e. The number of nitrogen functional groups attached to an aromatic ring is 1. The van der Waals surface area contributed by atoms with E-state index in [9.17, 15) is 13.6 Å². The van der Waals surface area contributed by atoms with E-state index in [2.05, 4.69) is 4.74 Å². The second-order valence-electron chi connectivity index (χ2n) is 4.00. The molecule has 0 radical (unpaired) electrons. The van der Waals surface area contributed by atoms with Gasteiger partial charge in [0.2, 0.25) is 0 Å². The zero-order valence-corrected chi connectivity index (χ0v) is 11.4. The third-order valence-electron chi connectivity index (χ3n) is 2.77. The number of hydrogen-bond donors (Lipinski definition) is 1. The van der Waals surface area contributed by atoms with Crippen molar-refractivity contribution in [3.8, 4) is 11.8 Å². The SMILES string of the molecule is COC(=O)c1c(N)c(C#N)cn1-c1c(F)cc(Cl)cc1F. The molecule has 0 fully saturated rings. The fourth-order valence-corrected chi connectivity index (χ4v) is 2.05. The number of carbonyl (C=O) groups is 1. The van der Waals surface area contributed by atoms with Gasteiger partial charge < -0.3 is 15.0 Å². The number of methoxy groups -OCH3 is 1. The summed E-state index contributed by atoms with van der Waals surface area (Å²) in [5.74, 6) is -2.95. The number of nitrogens with two attached hydrogens (primary N) is 1. The predicted molar refractivity (Wildman–Crippen MR) is 71.2 cm³/mol. The van der Waals surface area contributed by atoms with E-state index in [-0.39, 0.29) is 22.0 Å². The van der Waals surface area contributed by atoms with Crippen LogP contribution in [0.15, 0.2) is 18.3 Å². The molecular weight excluding hydrogens is 304 g/mol. The lowest BCUT2D eigenvalue weighted by Crippen LogP contribution is -2.13. The summed E-state index contributed by atoms with van der Waals surface area (Å²) in [4.78, 5) is 11.7. The molecule has 0 amide bonds. The Kier molecular flexibility index (Phi) is 3.82. The first kappa shape index (κ1) is 14.8. The Balaban J connectivity index is 2.82. The van der Waals surface area contributed by atoms with E-state index < -0.39 is 23.3 Å². The lowest BCUT2D eigenvalue weighted by molar-refractivity contribution is 0.0593. The van der Waals surface area contributed by atoms with E-state index in [0.717, 1.165) is 30.0 Å². The molecule has 8 heteroatoms. The summed E-state index contributed by atoms with van der Waals surface area (Å²) >= 11 is 5.55. The van der Waals surface area contributed by atoms with Gasteiger partial charge in [-0.05, 0) is 12.1 Å². The molecule has 0 aliphatic heterocycles. The molecule has 0 bridgehead atoms. The lowest BCUT2D eigenvalue weighted by atomic mass is 10.2. The van der Waals surface area contributed by atoms with Gasteiger partial charge in [0.15, 0.2) is 17.3 Å². The smallest absolute Gasteiger partial charge is 0.357 e. The molecule has 0 saturated heterocycles. The van der Waals surface area contributed by atoms with Crippen LogP contribution in [-0.2, 0) is 4.74 Å². The van der Waals surface area contributed by atoms with E-state index in [1.807, 2.05) is 0 Å². The number of nitriles is 1. The Labute approximate surface area is 123 Å². The van der Waals surface area contributed by atoms with Crippen molar-refractivity contribution >= 4 is 23.3 Å². The van der Waals surface area contributed by atoms with Crippen molar-refractivity contribution < 1.29 is 18.3 Å². The average Bonchev–Trinajstić information content (AvgIpc) is 2.73. The number of carbonyl (C=O) groups excluding carboxylic acids is 1. The number of nitrogens with zero attached hydrogens (tertiary/aromatic N) is 2. The van der Waals surface area contributed by atoms with E-state index in [1.54, 1.807) is 6.07 Å². The molecule has 2 rings (SSSR count). The maximum atomic E-state index is 14.0. The van der Waals surface area contributed by atoms with Crippen LogP contribution >= 0.6 is 11.6 Å². The van der Waals surface area contributed by atoms with Gasteiger partial charge in [0.1, 0.15) is 11.8 Å². The molecule has 1 aromatic heterocycles. The Morgan fingerprint density at radius 3 is 2.48 bits per heavy atom. The highest BCUT2D eigenvalue weighted by molar-refractivity contribution is 6.30. The number of ether oxygens (including phenoxy) is 1. The van der Waals surface area contributed by atoms with Crippen LogP contribution in [0.1, 0.15) is 16.1 Å². The Bertz CT molecular complexity index is 757. The van der Waals surface area contributed by atoms with Crippen molar-refractivity contribution in [2.45, 2.75) is 0 Å². The van der Waals surface area contributed by atoms with Crippen LogP contribution in [0.3, 0.4) is 0 Å². The van der Waals surface area contributed by atoms with Crippen molar-refractivity contribution in [2.24, 2.45) is 0 Å². The van der Waals surface area contributed by atoms with Crippen molar-refractivity contribution in [3.63, 3.8) is 0 Å². The number of halogens is 3. The summed E-state index contributed by atoms with van der Waals surface area (Å²) in [6, 6.07) is 3.49. The molecule has 0 saturated carbocycles. The topological polar surface area (TPSA) is 81.0 Å². The first-order valence-electron chi connectivity index (χ1n) is 5.54. The van der Waals surface area contributed by atoms with Crippen LogP contribution in [0.5, 0.6) is 0 Å². The standard InChI is InChI=1S/C13H8ClF2N3O2/c1-21-13(20)12-10(18)6(4-17)5-19(12)11-8(15)2-7(14)3-9(11)16/h2-3,5H,18H2,1H3. The molecule has 0 unspecified atom stereocenters. The van der Waals surface area contributed by atoms with Crippen LogP contribution in [-0.4, -0.2) is 17.6 Å². The lowest BCUT2D eigenvalue weighted by Gasteiger charge is -2.10. The van der Waals surface area contributed by atoms with Gasteiger partial charge >= 0.3 is 5.97 Å². The molecule has 2 aromatic rings. The van der Waals surface area contributed by atoms with Gasteiger partial charge in [-0.3, -0.25) is 0 Å². The first-order valence-corrected chi connectivity index (χ1v) is 5.92. The zero-order valence-electron chi connectivity index (χ0n) is 10.7. The van der Waals surface area contributed by atoms with E-state index in [0.29, 0.717) is 0 Å². The number of benzene rings is 1. The summed E-state index contributed by atoms with van der Waals surface area (Å²) in [6.45, 7) is 0. The number of rotatable bonds is 2. The maximum Gasteiger partial charge on any atom is 0.357 e. The molecule has 2 N–H and O–H groups in total. The first-order chi connectivity index (χ1) is 9.90. The number of esters is 1. The van der Waals surface area contributed by atoms with Gasteiger partial charge in [-0.2, -0.15) is 5.26 Å². The summed E-state index contributed by atoms with van der Waals surface area (Å²) in [5, 5.41) is 8.79. The summed E-state index contributed by atoms with van der Waals surface area (Å²) < 4.78 is 33.3. The van der Waals surface area contributed by atoms with Gasteiger partial charge in [0.05, 0.1) is 18.4 Å². The van der Waals surface area contributed by atoms with Crippen molar-refractivity contribution in [1.29, 1.82) is 5.26 Å². The van der Waals surface area contributed by atoms with Crippen LogP contribution in [0.25, 0.3) is 5.69 Å². The summed E-state index contributed by atoms with van der Waals surface area (Å²) in [5.41, 5.74) is 4.40. The molecule has 5 nitrogen and oxygen atoms in total. The average molecular weight is 312 g/mol. The molecule has 0 aliphatic rings. The van der Waals surface area contributed by atoms with Gasteiger partial charge in [0.25, 0.3) is 0 Å². The Morgan fingerprint density at radius 2 is 2.00 bits per heavy atom. The summed E-state index contributed by atoms with van der Waals surface area (Å²) in [6.07, 6.45) is 1.05. The monoisotopic (exact) mass is 311 g/mol. The second-order valence-corrected chi connectivity index (χ2v) is 4.43. The number of hydrogen-bond acceptors (Lipinski definition) is 4. The highest BCUT2D eigenvalue weighted by Gasteiger charge is 2.25. The third kappa shape index (κ3) is 2.41. The quantitative estimate of drug-likeness (QED) is 0.864. The molecule has 0 aliphatic carbocycles. The highest BCUT2D eigenvalue weighted by Crippen LogP contribution is 2.29. The second kappa shape index (κ2) is 5.42. The van der Waals surface area contributed by atoms with E-state index in [4.69, 9.17) is 22.6 Å². The molecule has 0 spiro atoms. The Hall–Kier alpha value is -2.59. The maximum absolute atomic E-state index is 14.0. The van der Waals surface area contributed by atoms with Crippen molar-refractivity contribution in [3.05, 3.63) is 46.2 Å². The van der Waals surface area contributed by atoms with Crippen molar-refractivity contribution in [2.75, 3.05) is 12.8 Å². The molecule has 0 atom stereocenters. The molecule has 108 valence electrons. The number of aromatic nitrogens is 1. The minimum absolute atomic E-state index is 0.107. The minimum atomic E-state index is -1.01. The van der Waals surface area contributed by atoms with Crippen LogP contribution in [0.2, 0.25) is 5.02 Å². The van der Waals surface area contributed by atoms with Gasteiger partial charge in [-0.15, -0.1) is 0 Å². The van der Waals surface area contributed by atoms with Gasteiger partial charge in [0, 0.05) is 11.2 Å². The normalized spacial score (nSPS) is 10.2. The fourth-order valence-electron chi connectivity index (χ4n) is 1.86. The molecule has 1 heterocycles. The third-order valence-corrected chi connectivity index (χ3v) is 2.98. The Morgan fingerprint density at radius 1 is 1.43 bits per heavy atom. The summed E-state index contributed by atoms with van der Waals surface area (Å²) in [7, 11) is 1.08. The molecular formula is C13H8ClF2N3O2. The van der Waals surface area contributed by atoms with Gasteiger partial charge in [-0.1, -0.05) is 11.6 Å². The van der Waals surface area contributed by atoms with Gasteiger partial charge in [-0.25, -0.2) is 13.6 Å². The number of anilines is 1. The van der Waals surface area contributed by atoms with Crippen LogP contribution in [0, 0.1) is 23.0 Å². The molecule has 21 heavy (non-hydrogen) atoms. The molecule has 1 aromatic carbocycles. The van der Waals surface area contributed by atoms with Crippen LogP contribution in [0.4, 0.5) is 14.5 Å². The fraction of sp³-hybridized carbons (Fsp3) is 0.0769. The minimum Gasteiger partial charge on any atom is -0.464 e. The van der Waals surface area contributed by atoms with E-state index >= 15 is 0 Å². The zero-order chi connectivity index (χ0) is 15.7. The van der Waals surface area contributed by atoms with Crippen LogP contribution < -0.4 is 5.73 Å². The van der Waals surface area contributed by atoms with Crippen molar-refractivity contribution in [1.82, 2.24) is 4.57 Å². The highest BCUT2D eigenvalue weighted by atomic mass is 35.5. The van der Waals surface area contributed by atoms with E-state index in [1.165, 1.54) is 0 Å². The predicted octanol–water partition coefficient (Wildman–Crippen LogP) is 2.65.